The number of fused-ring (bicyclic) bond motifs is 4. The Hall–Kier alpha value is -3.43. The third-order valence-electron chi connectivity index (χ3n) is 7.22. The Morgan fingerprint density at radius 1 is 1.35 bits per heavy atom. The molecule has 4 heterocycles. The van der Waals surface area contributed by atoms with E-state index in [1.54, 1.807) is 19.1 Å². The first-order valence-electron chi connectivity index (χ1n) is 11.6. The fraction of sp³-hybridized carbons (Fsp3) is 0.500. The largest absolute Gasteiger partial charge is 0.483 e. The smallest absolute Gasteiger partial charge is 0.290 e. The number of nitrogens with zero attached hydrogens (tertiary/aromatic N) is 3. The number of carbonyl (C=O) groups is 3. The van der Waals surface area contributed by atoms with Crippen LogP contribution in [0.2, 0.25) is 0 Å². The Morgan fingerprint density at radius 3 is 2.76 bits per heavy atom. The Labute approximate surface area is 197 Å². The van der Waals surface area contributed by atoms with E-state index in [2.05, 4.69) is 14.9 Å². The van der Waals surface area contributed by atoms with Crippen LogP contribution in [0.4, 0.5) is 10.3 Å². The van der Waals surface area contributed by atoms with Crippen molar-refractivity contribution < 1.29 is 23.9 Å². The lowest BCUT2D eigenvalue weighted by atomic mass is 9.70. The van der Waals surface area contributed by atoms with E-state index >= 15 is 0 Å². The summed E-state index contributed by atoms with van der Waals surface area (Å²) in [5.74, 6) is 0.474. The van der Waals surface area contributed by atoms with Gasteiger partial charge >= 0.3 is 0 Å². The van der Waals surface area contributed by atoms with Gasteiger partial charge in [0.2, 0.25) is 5.91 Å². The first kappa shape index (κ1) is 23.7. The third-order valence-corrected chi connectivity index (χ3v) is 7.22. The molecule has 0 saturated carbocycles. The van der Waals surface area contributed by atoms with Crippen LogP contribution in [-0.2, 0) is 16.0 Å². The minimum Gasteiger partial charge on any atom is -0.483 e. The average Bonchev–Trinajstić information content (AvgIpc) is 3.14. The summed E-state index contributed by atoms with van der Waals surface area (Å²) in [6, 6.07) is 6.73. The van der Waals surface area contributed by atoms with E-state index in [1.807, 2.05) is 11.0 Å². The van der Waals surface area contributed by atoms with Gasteiger partial charge in [-0.15, -0.1) is 0 Å². The zero-order valence-electron chi connectivity index (χ0n) is 19.1. The van der Waals surface area contributed by atoms with E-state index in [0.717, 1.165) is 24.8 Å². The summed E-state index contributed by atoms with van der Waals surface area (Å²) in [5.41, 5.74) is 7.68. The number of nitrogens with two attached hydrogens (primary N) is 1. The average molecular weight is 472 g/mol. The number of piperidine rings is 3. The van der Waals surface area contributed by atoms with Crippen molar-refractivity contribution >= 4 is 24.2 Å². The van der Waals surface area contributed by atoms with Crippen molar-refractivity contribution in [1.82, 2.24) is 19.8 Å². The van der Waals surface area contributed by atoms with Crippen LogP contribution >= 0.6 is 0 Å². The molecule has 3 fully saturated rings. The van der Waals surface area contributed by atoms with Crippen LogP contribution in [-0.4, -0.2) is 68.3 Å². The summed E-state index contributed by atoms with van der Waals surface area (Å²) in [4.78, 5) is 45.6. The lowest BCUT2D eigenvalue weighted by Crippen LogP contribution is -2.66. The second kappa shape index (κ2) is 9.82. The maximum Gasteiger partial charge on any atom is 0.290 e. The summed E-state index contributed by atoms with van der Waals surface area (Å²) in [7, 11) is 0. The van der Waals surface area contributed by atoms with Crippen molar-refractivity contribution in [3.8, 4) is 0 Å². The van der Waals surface area contributed by atoms with Crippen molar-refractivity contribution in [3.63, 3.8) is 0 Å². The number of nitrogen functional groups attached to an aromatic ring is 1. The molecule has 10 heteroatoms. The summed E-state index contributed by atoms with van der Waals surface area (Å²) >= 11 is 0. The highest BCUT2D eigenvalue weighted by Crippen LogP contribution is 2.43. The lowest BCUT2D eigenvalue weighted by Gasteiger charge is -2.56. The topological polar surface area (TPSA) is 133 Å². The Morgan fingerprint density at radius 2 is 2.09 bits per heavy atom. The maximum atomic E-state index is 13.8. The zero-order valence-corrected chi connectivity index (χ0v) is 19.1. The predicted octanol–water partition coefficient (Wildman–Crippen LogP) is 2.22. The number of H-pyrrole nitrogens is 1. The zero-order chi connectivity index (χ0) is 24.4. The van der Waals surface area contributed by atoms with Gasteiger partial charge in [-0.05, 0) is 62.1 Å². The highest BCUT2D eigenvalue weighted by Gasteiger charge is 2.50. The second-order valence-electron chi connectivity index (χ2n) is 9.33. The lowest BCUT2D eigenvalue weighted by molar-refractivity contribution is -0.151. The molecule has 2 bridgehead atoms. The molecule has 3 aliphatic rings. The summed E-state index contributed by atoms with van der Waals surface area (Å²) < 4.78 is 13.8. The predicted molar refractivity (Wildman–Crippen MR) is 122 cm³/mol. The number of imidazole rings is 1. The van der Waals surface area contributed by atoms with Crippen LogP contribution in [0.15, 0.2) is 24.3 Å². The van der Waals surface area contributed by atoms with Crippen molar-refractivity contribution in [3.05, 3.63) is 47.0 Å². The molecule has 0 aliphatic carbocycles. The highest BCUT2D eigenvalue weighted by molar-refractivity contribution is 5.94. The van der Waals surface area contributed by atoms with E-state index in [0.29, 0.717) is 37.3 Å². The Balaban J connectivity index is 0.000000868. The van der Waals surface area contributed by atoms with Crippen LogP contribution in [0.25, 0.3) is 0 Å². The van der Waals surface area contributed by atoms with Crippen LogP contribution in [0.1, 0.15) is 47.4 Å². The quantitative estimate of drug-likeness (QED) is 0.588. The van der Waals surface area contributed by atoms with Gasteiger partial charge in [-0.25, -0.2) is 9.37 Å². The number of hydrogen-bond donors (Lipinski definition) is 3. The minimum atomic E-state index is -0.264. The molecule has 4 atom stereocenters. The molecule has 0 unspecified atom stereocenters. The number of anilines is 1. The Bertz CT molecular complexity index is 1070. The van der Waals surface area contributed by atoms with Crippen molar-refractivity contribution in [2.45, 2.75) is 51.1 Å². The van der Waals surface area contributed by atoms with E-state index in [1.165, 1.54) is 6.07 Å². The monoisotopic (exact) mass is 471 g/mol. The minimum absolute atomic E-state index is 0.0307. The van der Waals surface area contributed by atoms with Gasteiger partial charge in [0, 0.05) is 37.3 Å². The number of nitrogens with one attached hydrogen (secondary N) is 1. The molecule has 0 spiro atoms. The highest BCUT2D eigenvalue weighted by atomic mass is 19.1. The molecule has 3 aliphatic heterocycles. The maximum absolute atomic E-state index is 13.8. The molecule has 1 aromatic heterocycles. The van der Waals surface area contributed by atoms with Crippen molar-refractivity contribution in [1.29, 1.82) is 0 Å². The third kappa shape index (κ3) is 4.62. The molecule has 4 N–H and O–H groups in total. The van der Waals surface area contributed by atoms with Gasteiger partial charge < -0.3 is 25.6 Å². The molecule has 0 radical (unpaired) electrons. The van der Waals surface area contributed by atoms with E-state index in [-0.39, 0.29) is 54.0 Å². The van der Waals surface area contributed by atoms with Gasteiger partial charge in [0.1, 0.15) is 5.82 Å². The van der Waals surface area contributed by atoms with Crippen molar-refractivity contribution in [2.75, 3.05) is 18.8 Å². The standard InChI is InChI=1S/C23H28FN5O2.CH2O2/c1-13-21(27-23(25)26-13)22(31)28-11-15-10-16(12-28)19(9-14-4-2-5-17(24)8-14)29-18(15)6-3-7-20(29)30;2-1-3/h2,4-5,8,15-16,18-19H,3,6-7,9-12H2,1H3,(H3,25,26,27);1H,(H,2,3)/t15-,16+,18+,19+;/m1./s1. The molecule has 2 amide bonds. The molecule has 5 rings (SSSR count). The van der Waals surface area contributed by atoms with Gasteiger partial charge in [0.05, 0.1) is 0 Å². The summed E-state index contributed by atoms with van der Waals surface area (Å²) in [6.45, 7) is 2.75. The molecular weight excluding hydrogens is 441 g/mol. The molecule has 34 heavy (non-hydrogen) atoms. The number of hydrogen-bond acceptors (Lipinski definition) is 5. The van der Waals surface area contributed by atoms with Gasteiger partial charge in [-0.1, -0.05) is 12.1 Å². The van der Waals surface area contributed by atoms with E-state index in [9.17, 15) is 14.0 Å². The number of aromatic nitrogens is 2. The number of carboxylic acid groups (broad SMARTS) is 1. The molecule has 182 valence electrons. The second-order valence-corrected chi connectivity index (χ2v) is 9.33. The number of aromatic amines is 1. The van der Waals surface area contributed by atoms with Gasteiger partial charge in [-0.3, -0.25) is 14.4 Å². The molecule has 2 aromatic rings. The van der Waals surface area contributed by atoms with Crippen molar-refractivity contribution in [2.24, 2.45) is 11.8 Å². The molecule has 1 aromatic carbocycles. The van der Waals surface area contributed by atoms with E-state index < -0.39 is 0 Å². The fourth-order valence-corrected chi connectivity index (χ4v) is 5.95. The van der Waals surface area contributed by atoms with Gasteiger partial charge in [-0.2, -0.15) is 0 Å². The fourth-order valence-electron chi connectivity index (χ4n) is 5.95. The normalized spacial score (nSPS) is 25.8. The number of aryl methyl sites for hydroxylation is 1. The number of rotatable bonds is 3. The molecular formula is C24H30FN5O4. The van der Waals surface area contributed by atoms with Crippen LogP contribution < -0.4 is 5.73 Å². The number of halogens is 1. The number of amides is 2. The molecule has 3 saturated heterocycles. The number of benzene rings is 1. The summed E-state index contributed by atoms with van der Waals surface area (Å²) in [5, 5.41) is 6.89. The first-order valence-corrected chi connectivity index (χ1v) is 11.6. The number of carbonyl (C=O) groups excluding carboxylic acids is 2. The summed E-state index contributed by atoms with van der Waals surface area (Å²) in [6.07, 6.45) is 4.01. The van der Waals surface area contributed by atoms with Gasteiger partial charge in [0.15, 0.2) is 11.6 Å². The molecule has 9 nitrogen and oxygen atoms in total. The Kier molecular flexibility index (Phi) is 6.85. The SMILES string of the molecule is Cc1[nH]c(N)nc1C(=O)N1C[C@H]2C[C@@H](C1)[C@H](Cc1cccc(F)c1)N1C(=O)CCC[C@@H]21.O=CO. The first-order chi connectivity index (χ1) is 16.3. The van der Waals surface area contributed by atoms with Crippen LogP contribution in [0.5, 0.6) is 0 Å². The van der Waals surface area contributed by atoms with E-state index in [4.69, 9.17) is 15.6 Å². The van der Waals surface area contributed by atoms with Crippen LogP contribution in [0, 0.1) is 24.6 Å². The van der Waals surface area contributed by atoms with Crippen LogP contribution in [0.3, 0.4) is 0 Å². The van der Waals surface area contributed by atoms with Gasteiger partial charge in [0.25, 0.3) is 12.4 Å². The number of likely N-dealkylation sites (tertiary alicyclic amines) is 1.